The lowest BCUT2D eigenvalue weighted by molar-refractivity contribution is -0.137. The minimum atomic E-state index is -0.945. The molecule has 0 spiro atoms. The highest BCUT2D eigenvalue weighted by molar-refractivity contribution is 6.07. The van der Waals surface area contributed by atoms with E-state index >= 15 is 0 Å². The molecule has 6 atom stereocenters. The van der Waals surface area contributed by atoms with Gasteiger partial charge >= 0.3 is 12.2 Å². The molecule has 3 fully saturated rings. The molecule has 0 radical (unpaired) electrons. The number of aromatic amines is 2. The van der Waals surface area contributed by atoms with Crippen molar-refractivity contribution in [3.05, 3.63) is 101 Å². The van der Waals surface area contributed by atoms with Crippen molar-refractivity contribution in [1.29, 1.82) is 0 Å². The molecule has 4 N–H and O–H groups in total. The van der Waals surface area contributed by atoms with E-state index in [1.807, 2.05) is 67.0 Å². The predicted octanol–water partition coefficient (Wildman–Crippen LogP) is 8.61. The molecule has 1 aliphatic carbocycles. The summed E-state index contributed by atoms with van der Waals surface area (Å²) in [4.78, 5) is 74.8. The number of aromatic nitrogens is 4. The molecule has 354 valence electrons. The van der Waals surface area contributed by atoms with Gasteiger partial charge in [0.05, 0.1) is 49.6 Å². The summed E-state index contributed by atoms with van der Waals surface area (Å²) in [6.07, 6.45) is 2.99. The smallest absolute Gasteiger partial charge is 0.407 e. The maximum atomic E-state index is 14.5. The van der Waals surface area contributed by atoms with E-state index in [9.17, 15) is 19.2 Å². The topological polar surface area (TPSA) is 193 Å². The number of carbonyl (C=O) groups excluding carboxylic acids is 4. The van der Waals surface area contributed by atoms with Gasteiger partial charge < -0.3 is 49.3 Å². The molecular formula is C52H58N8O8. The molecule has 2 unspecified atom stereocenters. The van der Waals surface area contributed by atoms with Crippen LogP contribution >= 0.6 is 0 Å². The summed E-state index contributed by atoms with van der Waals surface area (Å²) in [5.41, 5.74) is 8.36. The highest BCUT2D eigenvalue weighted by Crippen LogP contribution is 2.48. The maximum Gasteiger partial charge on any atom is 0.407 e. The highest BCUT2D eigenvalue weighted by atomic mass is 16.5. The lowest BCUT2D eigenvalue weighted by Gasteiger charge is -2.32. The number of alkyl carbamates (subject to hydrolysis) is 2. The first-order valence-electron chi connectivity index (χ1n) is 23.6. The molecule has 1 saturated carbocycles. The number of H-pyrrole nitrogens is 2. The van der Waals surface area contributed by atoms with Crippen LogP contribution in [-0.4, -0.2) is 100 Å². The quantitative estimate of drug-likeness (QED) is 0.0924. The van der Waals surface area contributed by atoms with E-state index in [2.05, 4.69) is 57.0 Å². The van der Waals surface area contributed by atoms with Crippen molar-refractivity contribution in [2.24, 2.45) is 11.8 Å². The Kier molecular flexibility index (Phi) is 12.1. The summed E-state index contributed by atoms with van der Waals surface area (Å²) in [5.74, 6) is 2.07. The third-order valence-electron chi connectivity index (χ3n) is 14.2. The second kappa shape index (κ2) is 18.3. The van der Waals surface area contributed by atoms with Crippen LogP contribution < -0.4 is 15.4 Å². The number of likely N-dealkylation sites (tertiary alicyclic amines) is 2. The third-order valence-corrected chi connectivity index (χ3v) is 14.2. The average molecular weight is 923 g/mol. The van der Waals surface area contributed by atoms with Gasteiger partial charge in [0.25, 0.3) is 5.91 Å². The summed E-state index contributed by atoms with van der Waals surface area (Å²) in [5, 5.41) is 7.48. The van der Waals surface area contributed by atoms with Gasteiger partial charge in [-0.15, -0.1) is 0 Å². The van der Waals surface area contributed by atoms with Crippen molar-refractivity contribution >= 4 is 45.8 Å². The predicted molar refractivity (Wildman–Crippen MR) is 255 cm³/mol. The zero-order chi connectivity index (χ0) is 47.4. The summed E-state index contributed by atoms with van der Waals surface area (Å²) in [6.45, 7) is 7.16. The van der Waals surface area contributed by atoms with Crippen LogP contribution in [0.15, 0.2) is 72.8 Å². The standard InChI is InChI=1S/C52H58N8O8/c1-27(2)42(57-51(63)66-5)50(62)60-28(3)12-19-39(60)47-53-38-18-16-32-22-37-35-17-15-33(21-34(35)26-68-41(37)23-36(32)46(38)56-47)44-43(31-13-14-31)54-48(55-44)40-20-29(25-65-4)24-59(40)49(61)45(58-52(64)67-6)30-10-8-7-9-11-30/h7-11,15-18,21-23,27-29,31,39-40,42,45H,12-14,19-20,24-26H2,1-6H3,(H,53,56)(H,54,55)(H,57,63)(H,58,64)/t28-,29-,39-,40-,42?,45?/m0/s1. The minimum Gasteiger partial charge on any atom is -0.488 e. The van der Waals surface area contributed by atoms with Crippen LogP contribution in [0.3, 0.4) is 0 Å². The zero-order valence-electron chi connectivity index (χ0n) is 39.3. The SMILES string of the molecule is COC[C@H]1C[C@@H](c2nc(-c3ccc4c(c3)COc3cc5c(ccc6[nH]c([C@@H]7CC[C@H](C)N7C(=O)C(NC(=O)OC)C(C)C)nc65)cc3-4)c(C3CC3)[nH]2)N(C(=O)C(NC(=O)OC)c2ccccc2)C1. The number of hydrogen-bond donors (Lipinski definition) is 4. The Morgan fingerprint density at radius 3 is 2.32 bits per heavy atom. The Morgan fingerprint density at radius 1 is 0.824 bits per heavy atom. The fourth-order valence-electron chi connectivity index (χ4n) is 10.6. The van der Waals surface area contributed by atoms with Gasteiger partial charge in [0.2, 0.25) is 5.91 Å². The number of hydrogen-bond acceptors (Lipinski definition) is 10. The molecule has 16 heteroatoms. The Bertz CT molecular complexity index is 2910. The number of amides is 4. The largest absolute Gasteiger partial charge is 0.488 e. The second-order valence-electron chi connectivity index (χ2n) is 19.1. The number of methoxy groups -OCH3 is 3. The molecule has 4 aromatic carbocycles. The molecule has 68 heavy (non-hydrogen) atoms. The Labute approximate surface area is 394 Å². The normalized spacial score (nSPS) is 20.8. The van der Waals surface area contributed by atoms with E-state index in [1.165, 1.54) is 14.2 Å². The Morgan fingerprint density at radius 2 is 1.59 bits per heavy atom. The number of nitrogens with one attached hydrogen (secondary N) is 4. The van der Waals surface area contributed by atoms with Gasteiger partial charge in [-0.1, -0.05) is 62.4 Å². The van der Waals surface area contributed by atoms with E-state index in [-0.39, 0.29) is 41.8 Å². The van der Waals surface area contributed by atoms with Crippen molar-refractivity contribution in [2.75, 3.05) is 34.5 Å². The van der Waals surface area contributed by atoms with Crippen molar-refractivity contribution < 1.29 is 38.1 Å². The summed E-state index contributed by atoms with van der Waals surface area (Å²) in [7, 11) is 4.26. The van der Waals surface area contributed by atoms with Crippen molar-refractivity contribution in [1.82, 2.24) is 40.4 Å². The van der Waals surface area contributed by atoms with E-state index in [4.69, 9.17) is 28.9 Å². The number of fused-ring (bicyclic) bond motifs is 6. The summed E-state index contributed by atoms with van der Waals surface area (Å²) in [6, 6.07) is 21.7. The number of ether oxygens (including phenoxy) is 4. The summed E-state index contributed by atoms with van der Waals surface area (Å²) < 4.78 is 21.9. The van der Waals surface area contributed by atoms with Crippen LogP contribution in [0.4, 0.5) is 9.59 Å². The fraction of sp³-hybridized carbons (Fsp3) is 0.423. The van der Waals surface area contributed by atoms with Crippen LogP contribution in [0.25, 0.3) is 44.2 Å². The molecule has 2 saturated heterocycles. The molecule has 6 aromatic rings. The van der Waals surface area contributed by atoms with E-state index in [0.717, 1.165) is 92.7 Å². The Balaban J connectivity index is 0.946. The lowest BCUT2D eigenvalue weighted by atomic mass is 9.92. The molecule has 5 heterocycles. The van der Waals surface area contributed by atoms with Gasteiger partial charge in [-0.25, -0.2) is 19.6 Å². The number of benzene rings is 4. The van der Waals surface area contributed by atoms with Gasteiger partial charge in [-0.2, -0.15) is 0 Å². The van der Waals surface area contributed by atoms with E-state index < -0.39 is 24.3 Å². The molecule has 2 aromatic heterocycles. The molecular weight excluding hydrogens is 865 g/mol. The number of rotatable bonds is 12. The van der Waals surface area contributed by atoms with Gasteiger partial charge in [-0.05, 0) is 91.3 Å². The average Bonchev–Trinajstić information content (AvgIpc) is 3.63. The number of nitrogens with zero attached hydrogens (tertiary/aromatic N) is 4. The van der Waals surface area contributed by atoms with E-state index in [0.29, 0.717) is 43.5 Å². The first-order valence-corrected chi connectivity index (χ1v) is 23.6. The minimum absolute atomic E-state index is 0.0341. The molecule has 3 aliphatic heterocycles. The van der Waals surface area contributed by atoms with Crippen molar-refractivity contribution in [3.8, 4) is 28.1 Å². The monoisotopic (exact) mass is 922 g/mol. The molecule has 0 bridgehead atoms. The van der Waals surface area contributed by atoms with Gasteiger partial charge in [0.15, 0.2) is 0 Å². The highest BCUT2D eigenvalue weighted by Gasteiger charge is 2.44. The van der Waals surface area contributed by atoms with Crippen LogP contribution in [0.2, 0.25) is 0 Å². The Hall–Kier alpha value is -6.94. The lowest BCUT2D eigenvalue weighted by Crippen LogP contribution is -2.52. The number of carbonyl (C=O) groups is 4. The van der Waals surface area contributed by atoms with E-state index in [1.54, 1.807) is 7.11 Å². The summed E-state index contributed by atoms with van der Waals surface area (Å²) >= 11 is 0. The third kappa shape index (κ3) is 8.28. The second-order valence-corrected chi connectivity index (χ2v) is 19.1. The van der Waals surface area contributed by atoms with Gasteiger partial charge in [0.1, 0.15) is 36.1 Å². The first kappa shape index (κ1) is 44.9. The van der Waals surface area contributed by atoms with Crippen LogP contribution in [0.5, 0.6) is 5.75 Å². The molecule has 16 nitrogen and oxygen atoms in total. The van der Waals surface area contributed by atoms with Crippen LogP contribution in [0.1, 0.15) is 105 Å². The first-order chi connectivity index (χ1) is 32.9. The number of imidazole rings is 2. The zero-order valence-corrected chi connectivity index (χ0v) is 39.3. The molecule has 4 amide bonds. The molecule has 4 aliphatic rings. The van der Waals surface area contributed by atoms with Crippen LogP contribution in [-0.2, 0) is 30.4 Å². The molecule has 10 rings (SSSR count). The van der Waals surface area contributed by atoms with Gasteiger partial charge in [0, 0.05) is 53.7 Å². The maximum absolute atomic E-state index is 14.5. The van der Waals surface area contributed by atoms with Gasteiger partial charge in [-0.3, -0.25) is 9.59 Å². The van der Waals surface area contributed by atoms with Crippen LogP contribution in [0, 0.1) is 11.8 Å². The van der Waals surface area contributed by atoms with Crippen molar-refractivity contribution in [3.63, 3.8) is 0 Å². The van der Waals surface area contributed by atoms with Crippen molar-refractivity contribution in [2.45, 2.75) is 95.6 Å². The fourth-order valence-corrected chi connectivity index (χ4v) is 10.6.